The number of alkyl halides is 1. The Balaban J connectivity index is 1.94. The second kappa shape index (κ2) is 9.25. The van der Waals surface area contributed by atoms with Gasteiger partial charge in [0.1, 0.15) is 0 Å². The molecule has 164 valence electrons. The molecule has 5 rings (SSSR count). The maximum atomic E-state index is 14.0. The molecule has 0 saturated heterocycles. The lowest BCUT2D eigenvalue weighted by Crippen LogP contribution is -2.22. The van der Waals surface area contributed by atoms with Crippen LogP contribution in [-0.2, 0) is 6.42 Å². The summed E-state index contributed by atoms with van der Waals surface area (Å²) in [6.45, 7) is 2.07. The van der Waals surface area contributed by atoms with Crippen molar-refractivity contribution >= 4 is 33.1 Å². The Labute approximate surface area is 199 Å². The van der Waals surface area contributed by atoms with Gasteiger partial charge in [-0.3, -0.25) is 9.36 Å². The lowest BCUT2D eigenvalue weighted by molar-refractivity contribution is 0.797. The maximum absolute atomic E-state index is 14.0. The smallest absolute Gasteiger partial charge is 0.263 e. The van der Waals surface area contributed by atoms with Crippen molar-refractivity contribution in [2.75, 3.05) is 5.88 Å². The van der Waals surface area contributed by atoms with Crippen LogP contribution in [0.1, 0.15) is 24.0 Å². The summed E-state index contributed by atoms with van der Waals surface area (Å²) in [5.41, 5.74) is 5.33. The van der Waals surface area contributed by atoms with Gasteiger partial charge in [-0.05, 0) is 66.1 Å². The Morgan fingerprint density at radius 2 is 1.39 bits per heavy atom. The van der Waals surface area contributed by atoms with Crippen LogP contribution in [0.15, 0.2) is 95.8 Å². The van der Waals surface area contributed by atoms with E-state index in [4.69, 9.17) is 11.6 Å². The number of hydrogen-bond donors (Lipinski definition) is 0. The highest BCUT2D eigenvalue weighted by Crippen LogP contribution is 2.36. The molecule has 1 aromatic heterocycles. The van der Waals surface area contributed by atoms with Gasteiger partial charge in [-0.15, -0.1) is 11.6 Å². The monoisotopic (exact) mass is 451 g/mol. The largest absolute Gasteiger partial charge is 0.276 e. The minimum Gasteiger partial charge on any atom is -0.276 e. The van der Waals surface area contributed by atoms with E-state index in [1.165, 1.54) is 11.1 Å². The second-order valence-corrected chi connectivity index (χ2v) is 8.90. The third kappa shape index (κ3) is 3.96. The van der Waals surface area contributed by atoms with E-state index in [0.717, 1.165) is 57.8 Å². The van der Waals surface area contributed by atoms with Gasteiger partial charge in [0.2, 0.25) is 0 Å². The van der Waals surface area contributed by atoms with Crippen LogP contribution in [0.5, 0.6) is 0 Å². The van der Waals surface area contributed by atoms with Crippen molar-refractivity contribution in [2.45, 2.75) is 26.2 Å². The topological polar surface area (TPSA) is 22.0 Å². The predicted octanol–water partition coefficient (Wildman–Crippen LogP) is 7.68. The van der Waals surface area contributed by atoms with Gasteiger partial charge in [0.05, 0.1) is 5.69 Å². The third-order valence-electron chi connectivity index (χ3n) is 6.34. The number of nitrogens with zero attached hydrogens (tertiary/aromatic N) is 1. The molecule has 0 radical (unpaired) electrons. The Hall–Kier alpha value is -3.36. The summed E-state index contributed by atoms with van der Waals surface area (Å²) < 4.78 is 1.92. The molecule has 0 bridgehead atoms. The van der Waals surface area contributed by atoms with Crippen molar-refractivity contribution < 1.29 is 0 Å². The third-order valence-corrected chi connectivity index (χ3v) is 6.61. The predicted molar refractivity (Wildman–Crippen MR) is 141 cm³/mol. The van der Waals surface area contributed by atoms with Crippen molar-refractivity contribution in [3.05, 3.63) is 112 Å². The molecule has 0 aliphatic rings. The lowest BCUT2D eigenvalue weighted by atomic mass is 9.92. The normalized spacial score (nSPS) is 11.3. The molecule has 0 fully saturated rings. The molecule has 0 spiro atoms. The van der Waals surface area contributed by atoms with Crippen molar-refractivity contribution in [3.63, 3.8) is 0 Å². The van der Waals surface area contributed by atoms with Crippen molar-refractivity contribution in [2.24, 2.45) is 0 Å². The molecule has 4 aromatic carbocycles. The van der Waals surface area contributed by atoms with Crippen LogP contribution in [0.2, 0.25) is 0 Å². The SMILES string of the molecule is Cc1ccc(-n2c(-c3cccc4ccccc34)c(CCCCCl)c3ccccc3c2=O)cc1. The quantitative estimate of drug-likeness (QED) is 0.191. The Morgan fingerprint density at radius 3 is 2.15 bits per heavy atom. The van der Waals surface area contributed by atoms with Gasteiger partial charge in [-0.2, -0.15) is 0 Å². The molecule has 0 aliphatic heterocycles. The highest BCUT2D eigenvalue weighted by atomic mass is 35.5. The fraction of sp³-hybridized carbons (Fsp3) is 0.167. The average Bonchev–Trinajstić information content (AvgIpc) is 2.86. The van der Waals surface area contributed by atoms with Crippen molar-refractivity contribution in [1.29, 1.82) is 0 Å². The first-order chi connectivity index (χ1) is 16.2. The van der Waals surface area contributed by atoms with Crippen molar-refractivity contribution in [1.82, 2.24) is 4.57 Å². The van der Waals surface area contributed by atoms with Crippen LogP contribution in [0, 0.1) is 6.92 Å². The number of rotatable bonds is 6. The fourth-order valence-corrected chi connectivity index (χ4v) is 4.91. The summed E-state index contributed by atoms with van der Waals surface area (Å²) in [7, 11) is 0. The molecule has 2 nitrogen and oxygen atoms in total. The molecular weight excluding hydrogens is 426 g/mol. The summed E-state index contributed by atoms with van der Waals surface area (Å²) in [6, 6.07) is 31.0. The van der Waals surface area contributed by atoms with Crippen LogP contribution >= 0.6 is 11.6 Å². The van der Waals surface area contributed by atoms with Gasteiger partial charge >= 0.3 is 0 Å². The molecular formula is C30H26ClNO. The van der Waals surface area contributed by atoms with Gasteiger partial charge in [0.25, 0.3) is 5.56 Å². The first kappa shape index (κ1) is 21.5. The first-order valence-electron chi connectivity index (χ1n) is 11.5. The highest BCUT2D eigenvalue weighted by Gasteiger charge is 2.20. The zero-order valence-electron chi connectivity index (χ0n) is 18.7. The second-order valence-electron chi connectivity index (χ2n) is 8.52. The zero-order valence-corrected chi connectivity index (χ0v) is 19.5. The minimum absolute atomic E-state index is 0.0125. The van der Waals surface area contributed by atoms with E-state index < -0.39 is 0 Å². The maximum Gasteiger partial charge on any atom is 0.263 e. The van der Waals surface area contributed by atoms with E-state index in [1.54, 1.807) is 0 Å². The lowest BCUT2D eigenvalue weighted by Gasteiger charge is -2.21. The number of aromatic nitrogens is 1. The van der Waals surface area contributed by atoms with E-state index in [9.17, 15) is 4.79 Å². The molecule has 0 atom stereocenters. The first-order valence-corrected chi connectivity index (χ1v) is 12.0. The number of hydrogen-bond acceptors (Lipinski definition) is 1. The molecule has 0 saturated carbocycles. The van der Waals surface area contributed by atoms with Gasteiger partial charge in [0.15, 0.2) is 0 Å². The standard InChI is InChI=1S/C30H26ClNO/c1-21-16-18-23(19-17-21)32-29(26-15-8-10-22-9-2-3-11-24(22)26)27(13-6-7-20-31)25-12-4-5-14-28(25)30(32)33/h2-5,8-12,14-19H,6-7,13,20H2,1H3. The molecule has 0 aliphatic carbocycles. The van der Waals surface area contributed by atoms with Crippen molar-refractivity contribution in [3.8, 4) is 16.9 Å². The van der Waals surface area contributed by atoms with Crippen LogP contribution < -0.4 is 5.56 Å². The van der Waals surface area contributed by atoms with E-state index in [0.29, 0.717) is 5.88 Å². The molecule has 0 amide bonds. The van der Waals surface area contributed by atoms with E-state index >= 15 is 0 Å². The number of fused-ring (bicyclic) bond motifs is 2. The Bertz CT molecular complexity index is 1490. The molecule has 33 heavy (non-hydrogen) atoms. The Morgan fingerprint density at radius 1 is 0.727 bits per heavy atom. The molecule has 3 heteroatoms. The van der Waals surface area contributed by atoms with E-state index in [2.05, 4.69) is 67.6 Å². The molecule has 1 heterocycles. The summed E-state index contributed by atoms with van der Waals surface area (Å²) in [5.74, 6) is 0.638. The van der Waals surface area contributed by atoms with Gasteiger partial charge in [-0.1, -0.05) is 78.4 Å². The van der Waals surface area contributed by atoms with E-state index in [-0.39, 0.29) is 5.56 Å². The summed E-state index contributed by atoms with van der Waals surface area (Å²) in [5, 5.41) is 4.10. The van der Waals surface area contributed by atoms with Gasteiger partial charge < -0.3 is 0 Å². The van der Waals surface area contributed by atoms with Crippen LogP contribution in [-0.4, -0.2) is 10.4 Å². The van der Waals surface area contributed by atoms with Crippen LogP contribution in [0.3, 0.4) is 0 Å². The molecule has 0 unspecified atom stereocenters. The number of halogens is 1. The number of unbranched alkanes of at least 4 members (excludes halogenated alkanes) is 1. The summed E-state index contributed by atoms with van der Waals surface area (Å²) >= 11 is 6.03. The minimum atomic E-state index is 0.0125. The highest BCUT2D eigenvalue weighted by molar-refractivity contribution is 6.17. The summed E-state index contributed by atoms with van der Waals surface area (Å²) in [6.07, 6.45) is 2.77. The van der Waals surface area contributed by atoms with Crippen LogP contribution in [0.25, 0.3) is 38.5 Å². The van der Waals surface area contributed by atoms with E-state index in [1.807, 2.05) is 34.9 Å². The summed E-state index contributed by atoms with van der Waals surface area (Å²) in [4.78, 5) is 14.0. The van der Waals surface area contributed by atoms with Gasteiger partial charge in [-0.25, -0.2) is 0 Å². The fourth-order valence-electron chi connectivity index (χ4n) is 4.72. The molecule has 5 aromatic rings. The number of aryl methyl sites for hydroxylation is 2. The Kier molecular flexibility index (Phi) is 6.02. The number of benzene rings is 4. The average molecular weight is 452 g/mol. The zero-order chi connectivity index (χ0) is 22.8. The van der Waals surface area contributed by atoms with Gasteiger partial charge in [0, 0.05) is 22.5 Å². The molecule has 0 N–H and O–H groups in total. The van der Waals surface area contributed by atoms with Crippen LogP contribution in [0.4, 0.5) is 0 Å². The number of pyridine rings is 1.